The molecule has 0 spiro atoms. The van der Waals surface area contributed by atoms with Gasteiger partial charge < -0.3 is 5.32 Å². The maximum atomic E-state index is 11.8. The molecule has 1 N–H and O–H groups in total. The summed E-state index contributed by atoms with van der Waals surface area (Å²) >= 11 is 0. The molecule has 2 heterocycles. The summed E-state index contributed by atoms with van der Waals surface area (Å²) in [6.07, 6.45) is 3.24. The van der Waals surface area contributed by atoms with Gasteiger partial charge in [-0.15, -0.1) is 0 Å². The van der Waals surface area contributed by atoms with E-state index in [1.54, 1.807) is 36.7 Å². The Kier molecular flexibility index (Phi) is 2.91. The van der Waals surface area contributed by atoms with E-state index in [4.69, 9.17) is 0 Å². The van der Waals surface area contributed by atoms with E-state index < -0.39 is 0 Å². The first-order valence-corrected chi connectivity index (χ1v) is 4.91. The summed E-state index contributed by atoms with van der Waals surface area (Å²) in [6, 6.07) is 8.88. The van der Waals surface area contributed by atoms with E-state index in [-0.39, 0.29) is 5.91 Å². The van der Waals surface area contributed by atoms with E-state index in [0.717, 1.165) is 5.69 Å². The highest BCUT2D eigenvalue weighted by molar-refractivity contribution is 6.02. The average molecular weight is 213 g/mol. The van der Waals surface area contributed by atoms with Gasteiger partial charge in [0.15, 0.2) is 0 Å². The lowest BCUT2D eigenvalue weighted by molar-refractivity contribution is 0.102. The Hall–Kier alpha value is -2.23. The van der Waals surface area contributed by atoms with Crippen LogP contribution in [-0.2, 0) is 0 Å². The number of carbonyl (C=O) groups is 1. The van der Waals surface area contributed by atoms with Gasteiger partial charge in [-0.2, -0.15) is 0 Å². The molecular weight excluding hydrogens is 202 g/mol. The zero-order chi connectivity index (χ0) is 11.4. The minimum Gasteiger partial charge on any atom is -0.319 e. The van der Waals surface area contributed by atoms with Crippen molar-refractivity contribution in [3.05, 3.63) is 54.1 Å². The number of hydrogen-bond acceptors (Lipinski definition) is 3. The van der Waals surface area contributed by atoms with Crippen LogP contribution in [-0.4, -0.2) is 15.9 Å². The normalized spacial score (nSPS) is 9.81. The summed E-state index contributed by atoms with van der Waals surface area (Å²) in [5.41, 5.74) is 1.89. The molecule has 0 aliphatic carbocycles. The number of hydrogen-bond donors (Lipinski definition) is 1. The van der Waals surface area contributed by atoms with Crippen molar-refractivity contribution in [1.82, 2.24) is 9.97 Å². The van der Waals surface area contributed by atoms with Crippen LogP contribution in [0.15, 0.2) is 42.7 Å². The maximum Gasteiger partial charge on any atom is 0.274 e. The van der Waals surface area contributed by atoms with E-state index in [1.807, 2.05) is 13.0 Å². The van der Waals surface area contributed by atoms with Crippen molar-refractivity contribution in [1.29, 1.82) is 0 Å². The molecule has 0 saturated heterocycles. The number of rotatable bonds is 2. The lowest BCUT2D eigenvalue weighted by Crippen LogP contribution is -2.13. The van der Waals surface area contributed by atoms with Crippen LogP contribution in [0, 0.1) is 6.92 Å². The summed E-state index contributed by atoms with van der Waals surface area (Å²) in [7, 11) is 0. The molecule has 0 aliphatic heterocycles. The Balaban J connectivity index is 2.15. The molecule has 0 fully saturated rings. The fourth-order valence-electron chi connectivity index (χ4n) is 1.30. The first kappa shape index (κ1) is 10.3. The van der Waals surface area contributed by atoms with Crippen molar-refractivity contribution in [3.8, 4) is 0 Å². The average Bonchev–Trinajstić information content (AvgIpc) is 2.30. The third-order valence-electron chi connectivity index (χ3n) is 2.04. The number of aromatic nitrogens is 2. The smallest absolute Gasteiger partial charge is 0.274 e. The fraction of sp³-hybridized carbons (Fsp3) is 0.0833. The molecule has 0 atom stereocenters. The Morgan fingerprint density at radius 1 is 1.25 bits per heavy atom. The van der Waals surface area contributed by atoms with Gasteiger partial charge in [0.25, 0.3) is 5.91 Å². The Labute approximate surface area is 93.4 Å². The monoisotopic (exact) mass is 213 g/mol. The first-order chi connectivity index (χ1) is 7.75. The van der Waals surface area contributed by atoms with Gasteiger partial charge in [0.2, 0.25) is 0 Å². The van der Waals surface area contributed by atoms with Crippen molar-refractivity contribution in [2.24, 2.45) is 0 Å². The van der Waals surface area contributed by atoms with Crippen molar-refractivity contribution in [3.63, 3.8) is 0 Å². The Morgan fingerprint density at radius 3 is 2.81 bits per heavy atom. The molecule has 2 aromatic heterocycles. The number of anilines is 1. The lowest BCUT2D eigenvalue weighted by atomic mass is 10.3. The highest BCUT2D eigenvalue weighted by atomic mass is 16.1. The van der Waals surface area contributed by atoms with Gasteiger partial charge in [-0.25, -0.2) is 4.98 Å². The molecule has 2 aromatic rings. The van der Waals surface area contributed by atoms with E-state index in [0.29, 0.717) is 11.4 Å². The number of pyridine rings is 2. The van der Waals surface area contributed by atoms with Crippen molar-refractivity contribution in [2.45, 2.75) is 6.92 Å². The summed E-state index contributed by atoms with van der Waals surface area (Å²) in [4.78, 5) is 19.8. The molecule has 0 saturated carbocycles. The highest BCUT2D eigenvalue weighted by Crippen LogP contribution is 2.06. The molecule has 0 radical (unpaired) electrons. The van der Waals surface area contributed by atoms with Crippen LogP contribution < -0.4 is 5.32 Å². The van der Waals surface area contributed by atoms with Gasteiger partial charge in [-0.3, -0.25) is 9.78 Å². The number of nitrogens with one attached hydrogen (secondary N) is 1. The summed E-state index contributed by atoms with van der Waals surface area (Å²) in [6.45, 7) is 1.85. The number of amides is 1. The SMILES string of the molecule is Cc1cccc(C(=O)Nc2cccnc2)n1. The van der Waals surface area contributed by atoms with Crippen LogP contribution in [0.1, 0.15) is 16.2 Å². The molecule has 0 aliphatic rings. The van der Waals surface area contributed by atoms with Gasteiger partial charge in [-0.05, 0) is 31.2 Å². The largest absolute Gasteiger partial charge is 0.319 e. The fourth-order valence-corrected chi connectivity index (χ4v) is 1.30. The summed E-state index contributed by atoms with van der Waals surface area (Å²) in [5.74, 6) is -0.225. The number of carbonyl (C=O) groups excluding carboxylic acids is 1. The van der Waals surface area contributed by atoms with E-state index in [2.05, 4.69) is 15.3 Å². The van der Waals surface area contributed by atoms with E-state index in [9.17, 15) is 4.79 Å². The predicted octanol–water partition coefficient (Wildman–Crippen LogP) is 2.04. The number of aryl methyl sites for hydroxylation is 1. The second kappa shape index (κ2) is 4.53. The molecule has 2 rings (SSSR count). The van der Waals surface area contributed by atoms with Crippen LogP contribution in [0.25, 0.3) is 0 Å². The van der Waals surface area contributed by atoms with Gasteiger partial charge >= 0.3 is 0 Å². The van der Waals surface area contributed by atoms with Crippen molar-refractivity contribution < 1.29 is 4.79 Å². The molecule has 4 heteroatoms. The standard InChI is InChI=1S/C12H11N3O/c1-9-4-2-6-11(14-9)12(16)15-10-5-3-7-13-8-10/h2-8H,1H3,(H,15,16). The van der Waals surface area contributed by atoms with Crippen LogP contribution in [0.2, 0.25) is 0 Å². The van der Waals surface area contributed by atoms with E-state index >= 15 is 0 Å². The molecule has 0 unspecified atom stereocenters. The van der Waals surface area contributed by atoms with Crippen molar-refractivity contribution in [2.75, 3.05) is 5.32 Å². The predicted molar refractivity (Wildman–Crippen MR) is 61.2 cm³/mol. The second-order valence-corrected chi connectivity index (χ2v) is 3.36. The molecule has 0 aromatic carbocycles. The third-order valence-corrected chi connectivity index (χ3v) is 2.04. The molecule has 4 nitrogen and oxygen atoms in total. The maximum absolute atomic E-state index is 11.8. The minimum absolute atomic E-state index is 0.225. The molecular formula is C12H11N3O. The molecule has 0 bridgehead atoms. The van der Waals surface area contributed by atoms with Crippen LogP contribution in [0.3, 0.4) is 0 Å². The second-order valence-electron chi connectivity index (χ2n) is 3.36. The Morgan fingerprint density at radius 2 is 2.12 bits per heavy atom. The topological polar surface area (TPSA) is 54.9 Å². The quantitative estimate of drug-likeness (QED) is 0.830. The van der Waals surface area contributed by atoms with Crippen LogP contribution in [0.4, 0.5) is 5.69 Å². The number of nitrogens with zero attached hydrogens (tertiary/aromatic N) is 2. The summed E-state index contributed by atoms with van der Waals surface area (Å²) in [5, 5.41) is 2.72. The van der Waals surface area contributed by atoms with Crippen LogP contribution >= 0.6 is 0 Å². The third kappa shape index (κ3) is 2.42. The highest BCUT2D eigenvalue weighted by Gasteiger charge is 2.06. The zero-order valence-corrected chi connectivity index (χ0v) is 8.84. The van der Waals surface area contributed by atoms with Gasteiger partial charge in [0, 0.05) is 11.9 Å². The molecule has 80 valence electrons. The van der Waals surface area contributed by atoms with Crippen molar-refractivity contribution >= 4 is 11.6 Å². The van der Waals surface area contributed by atoms with E-state index in [1.165, 1.54) is 0 Å². The van der Waals surface area contributed by atoms with Gasteiger partial charge in [-0.1, -0.05) is 6.07 Å². The lowest BCUT2D eigenvalue weighted by Gasteiger charge is -2.03. The van der Waals surface area contributed by atoms with Gasteiger partial charge in [0.1, 0.15) is 5.69 Å². The molecule has 1 amide bonds. The minimum atomic E-state index is -0.225. The van der Waals surface area contributed by atoms with Crippen LogP contribution in [0.5, 0.6) is 0 Å². The Bertz CT molecular complexity index is 497. The molecule has 16 heavy (non-hydrogen) atoms. The first-order valence-electron chi connectivity index (χ1n) is 4.91. The van der Waals surface area contributed by atoms with Gasteiger partial charge in [0.05, 0.1) is 11.9 Å². The zero-order valence-electron chi connectivity index (χ0n) is 8.84. The summed E-state index contributed by atoms with van der Waals surface area (Å²) < 4.78 is 0.